The van der Waals surface area contributed by atoms with Gasteiger partial charge in [0.1, 0.15) is 5.75 Å². The molecule has 0 radical (unpaired) electrons. The highest BCUT2D eigenvalue weighted by atomic mass is 79.9. The van der Waals surface area contributed by atoms with E-state index in [0.29, 0.717) is 12.2 Å². The lowest BCUT2D eigenvalue weighted by Gasteiger charge is -2.12. The van der Waals surface area contributed by atoms with Gasteiger partial charge in [-0.3, -0.25) is 4.79 Å². The molecule has 22 heavy (non-hydrogen) atoms. The highest BCUT2D eigenvalue weighted by Gasteiger charge is 2.05. The molecule has 2 aromatic rings. The maximum atomic E-state index is 12.2. The summed E-state index contributed by atoms with van der Waals surface area (Å²) in [6.45, 7) is 4.40. The van der Waals surface area contributed by atoms with E-state index in [-0.39, 0.29) is 5.78 Å². The van der Waals surface area contributed by atoms with Gasteiger partial charge in [-0.05, 0) is 50.2 Å². The van der Waals surface area contributed by atoms with Crippen LogP contribution in [0.2, 0.25) is 0 Å². The summed E-state index contributed by atoms with van der Waals surface area (Å²) in [7, 11) is 0. The van der Waals surface area contributed by atoms with Crippen LogP contribution in [0, 0.1) is 0 Å². The summed E-state index contributed by atoms with van der Waals surface area (Å²) in [5.74, 6) is 0.736. The third-order valence-corrected chi connectivity index (χ3v) is 3.52. The third-order valence-electron chi connectivity index (χ3n) is 3.00. The minimum Gasteiger partial charge on any atom is -0.492 e. The lowest BCUT2D eigenvalue weighted by Crippen LogP contribution is -2.03. The van der Waals surface area contributed by atoms with Gasteiger partial charge >= 0.3 is 0 Å². The molecule has 0 aliphatic heterocycles. The Hall–Kier alpha value is -2.07. The standard InChI is InChI=1S/C18H18BrNO2/c1-3-22-18-7-5-4-6-16(18)20-13(2)12-17(21)14-8-10-15(19)11-9-14/h4-12,20H,3H2,1-2H3/b13-12+. The van der Waals surface area contributed by atoms with Crippen molar-refractivity contribution in [2.75, 3.05) is 11.9 Å². The fourth-order valence-electron chi connectivity index (χ4n) is 1.99. The number of rotatable bonds is 6. The van der Waals surface area contributed by atoms with E-state index in [2.05, 4.69) is 21.2 Å². The number of carbonyl (C=O) groups is 1. The molecular weight excluding hydrogens is 342 g/mol. The molecular formula is C18H18BrNO2. The number of hydrogen-bond donors (Lipinski definition) is 1. The smallest absolute Gasteiger partial charge is 0.187 e. The number of carbonyl (C=O) groups excluding carboxylic acids is 1. The summed E-state index contributed by atoms with van der Waals surface area (Å²) in [5.41, 5.74) is 2.27. The van der Waals surface area contributed by atoms with E-state index in [1.807, 2.05) is 50.2 Å². The molecule has 4 heteroatoms. The van der Waals surface area contributed by atoms with Crippen LogP contribution in [-0.2, 0) is 0 Å². The topological polar surface area (TPSA) is 38.3 Å². The maximum absolute atomic E-state index is 12.2. The number of ketones is 1. The first kappa shape index (κ1) is 16.3. The first-order valence-corrected chi connectivity index (χ1v) is 7.86. The van der Waals surface area contributed by atoms with Gasteiger partial charge in [0.25, 0.3) is 0 Å². The van der Waals surface area contributed by atoms with Crippen molar-refractivity contribution in [2.24, 2.45) is 0 Å². The maximum Gasteiger partial charge on any atom is 0.187 e. The first-order valence-electron chi connectivity index (χ1n) is 7.07. The Labute approximate surface area is 139 Å². The van der Waals surface area contributed by atoms with Crippen LogP contribution in [-0.4, -0.2) is 12.4 Å². The van der Waals surface area contributed by atoms with Crippen LogP contribution in [0.5, 0.6) is 5.75 Å². The van der Waals surface area contributed by atoms with E-state index in [4.69, 9.17) is 4.74 Å². The molecule has 2 aromatic carbocycles. The monoisotopic (exact) mass is 359 g/mol. The number of allylic oxidation sites excluding steroid dienone is 2. The summed E-state index contributed by atoms with van der Waals surface area (Å²) >= 11 is 3.36. The molecule has 2 rings (SSSR count). The van der Waals surface area contributed by atoms with Gasteiger partial charge in [-0.1, -0.05) is 28.1 Å². The molecule has 0 unspecified atom stereocenters. The molecule has 0 fully saturated rings. The number of nitrogens with one attached hydrogen (secondary N) is 1. The quantitative estimate of drug-likeness (QED) is 0.579. The van der Waals surface area contributed by atoms with Gasteiger partial charge in [0.15, 0.2) is 5.78 Å². The molecule has 0 bridgehead atoms. The highest BCUT2D eigenvalue weighted by Crippen LogP contribution is 2.25. The van der Waals surface area contributed by atoms with Crippen molar-refractivity contribution >= 4 is 27.4 Å². The normalized spacial score (nSPS) is 11.1. The van der Waals surface area contributed by atoms with Crippen LogP contribution in [0.3, 0.4) is 0 Å². The lowest BCUT2D eigenvalue weighted by atomic mass is 10.1. The van der Waals surface area contributed by atoms with E-state index in [0.717, 1.165) is 21.6 Å². The summed E-state index contributed by atoms with van der Waals surface area (Å²) < 4.78 is 6.51. The van der Waals surface area contributed by atoms with E-state index < -0.39 is 0 Å². The minimum absolute atomic E-state index is 0.0357. The van der Waals surface area contributed by atoms with E-state index in [1.165, 1.54) is 0 Å². The summed E-state index contributed by atoms with van der Waals surface area (Å²) in [6.07, 6.45) is 1.59. The van der Waals surface area contributed by atoms with Crippen molar-refractivity contribution in [2.45, 2.75) is 13.8 Å². The predicted octanol–water partition coefficient (Wildman–Crippen LogP) is 5.05. The molecule has 1 N–H and O–H groups in total. The van der Waals surface area contributed by atoms with Crippen molar-refractivity contribution in [3.05, 3.63) is 70.3 Å². The zero-order valence-corrected chi connectivity index (χ0v) is 14.2. The van der Waals surface area contributed by atoms with Crippen molar-refractivity contribution in [3.63, 3.8) is 0 Å². The highest BCUT2D eigenvalue weighted by molar-refractivity contribution is 9.10. The fourth-order valence-corrected chi connectivity index (χ4v) is 2.26. The van der Waals surface area contributed by atoms with E-state index >= 15 is 0 Å². The Morgan fingerprint density at radius 1 is 1.18 bits per heavy atom. The Kier molecular flexibility index (Phi) is 5.78. The molecule has 0 amide bonds. The summed E-state index contributed by atoms with van der Waals surface area (Å²) in [4.78, 5) is 12.2. The number of para-hydroxylation sites is 2. The Balaban J connectivity index is 2.13. The van der Waals surface area contributed by atoms with E-state index in [1.54, 1.807) is 18.2 Å². The van der Waals surface area contributed by atoms with Crippen LogP contribution in [0.15, 0.2) is 64.8 Å². The zero-order valence-electron chi connectivity index (χ0n) is 12.6. The molecule has 0 spiro atoms. The molecule has 0 aliphatic carbocycles. The molecule has 3 nitrogen and oxygen atoms in total. The summed E-state index contributed by atoms with van der Waals surface area (Å²) in [5, 5.41) is 3.21. The average molecular weight is 360 g/mol. The number of hydrogen-bond acceptors (Lipinski definition) is 3. The molecule has 114 valence electrons. The van der Waals surface area contributed by atoms with Crippen molar-refractivity contribution in [1.82, 2.24) is 0 Å². The second kappa shape index (κ2) is 7.80. The Morgan fingerprint density at radius 2 is 1.86 bits per heavy atom. The van der Waals surface area contributed by atoms with Gasteiger partial charge in [0.05, 0.1) is 12.3 Å². The SMILES string of the molecule is CCOc1ccccc1N/C(C)=C/C(=O)c1ccc(Br)cc1. The van der Waals surface area contributed by atoms with Gasteiger partial charge in [0.2, 0.25) is 0 Å². The zero-order chi connectivity index (χ0) is 15.9. The molecule has 0 atom stereocenters. The number of anilines is 1. The van der Waals surface area contributed by atoms with E-state index in [9.17, 15) is 4.79 Å². The van der Waals surface area contributed by atoms with Crippen LogP contribution < -0.4 is 10.1 Å². The van der Waals surface area contributed by atoms with Crippen LogP contribution >= 0.6 is 15.9 Å². The van der Waals surface area contributed by atoms with Gasteiger partial charge in [-0.25, -0.2) is 0 Å². The van der Waals surface area contributed by atoms with Crippen molar-refractivity contribution in [3.8, 4) is 5.75 Å². The van der Waals surface area contributed by atoms with Crippen molar-refractivity contribution < 1.29 is 9.53 Å². The van der Waals surface area contributed by atoms with Crippen molar-refractivity contribution in [1.29, 1.82) is 0 Å². The van der Waals surface area contributed by atoms with Gasteiger partial charge in [-0.2, -0.15) is 0 Å². The van der Waals surface area contributed by atoms with Gasteiger partial charge < -0.3 is 10.1 Å². The molecule has 0 aromatic heterocycles. The van der Waals surface area contributed by atoms with Gasteiger partial charge in [-0.15, -0.1) is 0 Å². The van der Waals surface area contributed by atoms with Crippen LogP contribution in [0.25, 0.3) is 0 Å². The predicted molar refractivity (Wildman–Crippen MR) is 93.5 cm³/mol. The number of halogens is 1. The van der Waals surface area contributed by atoms with Crippen LogP contribution in [0.4, 0.5) is 5.69 Å². The summed E-state index contributed by atoms with van der Waals surface area (Å²) in [6, 6.07) is 15.0. The molecule has 0 saturated carbocycles. The minimum atomic E-state index is -0.0357. The Bertz CT molecular complexity index is 678. The third kappa shape index (κ3) is 4.46. The molecule has 0 saturated heterocycles. The fraction of sp³-hybridized carbons (Fsp3) is 0.167. The molecule has 0 aliphatic rings. The average Bonchev–Trinajstić information content (AvgIpc) is 2.50. The largest absolute Gasteiger partial charge is 0.492 e. The first-order chi connectivity index (χ1) is 10.6. The number of benzene rings is 2. The van der Waals surface area contributed by atoms with Crippen LogP contribution in [0.1, 0.15) is 24.2 Å². The second-order valence-corrected chi connectivity index (χ2v) is 5.67. The number of ether oxygens (including phenoxy) is 1. The molecule has 0 heterocycles. The second-order valence-electron chi connectivity index (χ2n) is 4.75. The lowest BCUT2D eigenvalue weighted by molar-refractivity contribution is 0.104. The van der Waals surface area contributed by atoms with Gasteiger partial charge in [0, 0.05) is 21.8 Å². The Morgan fingerprint density at radius 3 is 2.55 bits per heavy atom.